The molecule has 0 saturated heterocycles. The van der Waals surface area contributed by atoms with Gasteiger partial charge in [-0.25, -0.2) is 0 Å². The highest BCUT2D eigenvalue weighted by Gasteiger charge is 2.08. The summed E-state index contributed by atoms with van der Waals surface area (Å²) in [5.41, 5.74) is 0.840. The van der Waals surface area contributed by atoms with Gasteiger partial charge in [-0.2, -0.15) is 0 Å². The van der Waals surface area contributed by atoms with Crippen LogP contribution in [0.2, 0.25) is 0 Å². The molecule has 0 heterocycles. The molecule has 0 atom stereocenters. The number of hydrogen-bond donors (Lipinski definition) is 1. The maximum absolute atomic E-state index is 10.7. The number of hydrogen-bond acceptors (Lipinski definition) is 4. The average Bonchev–Trinajstić information content (AvgIpc) is 2.29. The number of phenols is 1. The minimum absolute atomic E-state index is 0.0777. The molecule has 3 nitrogen and oxygen atoms in total. The molecule has 0 unspecified atom stereocenters. The lowest BCUT2D eigenvalue weighted by Crippen LogP contribution is -1.86. The second-order valence-electron chi connectivity index (χ2n) is 3.22. The number of thioether (sulfide) groups is 1. The fourth-order valence-electron chi connectivity index (χ4n) is 1.20. The maximum Gasteiger partial charge on any atom is 0.186 e. The number of ether oxygens (including phenoxy) is 1. The van der Waals surface area contributed by atoms with Gasteiger partial charge >= 0.3 is 0 Å². The van der Waals surface area contributed by atoms with Crippen LogP contribution in [0.15, 0.2) is 22.7 Å². The zero-order chi connectivity index (χ0) is 12.8. The lowest BCUT2D eigenvalue weighted by molar-refractivity contribution is -0.109. The lowest BCUT2D eigenvalue weighted by Gasteiger charge is -2.07. The molecule has 0 saturated carbocycles. The molecule has 0 amide bonds. The van der Waals surface area contributed by atoms with Crippen molar-refractivity contribution in [3.8, 4) is 11.5 Å². The van der Waals surface area contributed by atoms with Gasteiger partial charge in [0.25, 0.3) is 0 Å². The lowest BCUT2D eigenvalue weighted by atomic mass is 10.2. The van der Waals surface area contributed by atoms with E-state index in [0.717, 1.165) is 5.56 Å². The Bertz CT molecular complexity index is 444. The third-order valence-electron chi connectivity index (χ3n) is 2.01. The van der Waals surface area contributed by atoms with Crippen molar-refractivity contribution in [1.29, 1.82) is 0 Å². The minimum atomic E-state index is 0.0777. The average molecular weight is 317 g/mol. The van der Waals surface area contributed by atoms with E-state index in [4.69, 9.17) is 4.74 Å². The first-order valence-electron chi connectivity index (χ1n) is 4.91. The molecule has 0 fully saturated rings. The van der Waals surface area contributed by atoms with Crippen molar-refractivity contribution in [2.24, 2.45) is 0 Å². The highest BCUT2D eigenvalue weighted by molar-refractivity contribution is 9.10. The second-order valence-corrected chi connectivity index (χ2v) is 5.21. The van der Waals surface area contributed by atoms with Crippen molar-refractivity contribution in [1.82, 2.24) is 0 Å². The van der Waals surface area contributed by atoms with E-state index in [9.17, 15) is 9.90 Å². The monoisotopic (exact) mass is 316 g/mol. The van der Waals surface area contributed by atoms with Gasteiger partial charge in [-0.05, 0) is 33.6 Å². The predicted octanol–water partition coefficient (Wildman–Crippen LogP) is 3.46. The molecule has 5 heteroatoms. The van der Waals surface area contributed by atoms with Crippen LogP contribution in [0, 0.1) is 0 Å². The van der Waals surface area contributed by atoms with Crippen molar-refractivity contribution in [2.75, 3.05) is 12.9 Å². The van der Waals surface area contributed by atoms with Gasteiger partial charge in [0.2, 0.25) is 0 Å². The van der Waals surface area contributed by atoms with Crippen LogP contribution in [0.5, 0.6) is 11.5 Å². The van der Waals surface area contributed by atoms with Crippen LogP contribution in [-0.4, -0.2) is 23.1 Å². The van der Waals surface area contributed by atoms with E-state index in [2.05, 4.69) is 15.9 Å². The van der Waals surface area contributed by atoms with E-state index in [-0.39, 0.29) is 10.9 Å². The Balaban J connectivity index is 2.79. The summed E-state index contributed by atoms with van der Waals surface area (Å²) in [5.74, 6) is 1.12. The van der Waals surface area contributed by atoms with E-state index in [1.165, 1.54) is 25.8 Å². The molecule has 1 aromatic carbocycles. The molecule has 92 valence electrons. The largest absolute Gasteiger partial charge is 0.503 e. The van der Waals surface area contributed by atoms with E-state index in [1.807, 2.05) is 18.2 Å². The van der Waals surface area contributed by atoms with Crippen LogP contribution in [0.25, 0.3) is 6.08 Å². The van der Waals surface area contributed by atoms with E-state index in [1.54, 1.807) is 6.07 Å². The highest BCUT2D eigenvalue weighted by Crippen LogP contribution is 2.36. The molecule has 0 spiro atoms. The molecular formula is C12H13BrO3S. The number of halogens is 1. The molecule has 0 aliphatic heterocycles. The predicted molar refractivity (Wildman–Crippen MR) is 74.5 cm³/mol. The third kappa shape index (κ3) is 4.09. The molecule has 1 aromatic rings. The minimum Gasteiger partial charge on any atom is -0.503 e. The van der Waals surface area contributed by atoms with Crippen LogP contribution < -0.4 is 4.74 Å². The van der Waals surface area contributed by atoms with Crippen molar-refractivity contribution in [2.45, 2.75) is 6.92 Å². The molecular weight excluding hydrogens is 304 g/mol. The maximum atomic E-state index is 10.7. The number of benzene rings is 1. The molecule has 1 N–H and O–H groups in total. The molecule has 17 heavy (non-hydrogen) atoms. The Kier molecular flexibility index (Phi) is 5.58. The Morgan fingerprint density at radius 1 is 1.59 bits per heavy atom. The summed E-state index contributed by atoms with van der Waals surface area (Å²) in [6.07, 6.45) is 3.72. The zero-order valence-corrected chi connectivity index (χ0v) is 12.0. The smallest absolute Gasteiger partial charge is 0.186 e. The summed E-state index contributed by atoms with van der Waals surface area (Å²) in [5, 5.41) is 9.85. The Hall–Kier alpha value is -0.940. The quantitative estimate of drug-likeness (QED) is 0.924. The first kappa shape index (κ1) is 14.1. The summed E-state index contributed by atoms with van der Waals surface area (Å²) in [7, 11) is 1.50. The summed E-state index contributed by atoms with van der Waals surface area (Å²) in [4.78, 5) is 10.7. The first-order chi connectivity index (χ1) is 8.06. The van der Waals surface area contributed by atoms with Gasteiger partial charge in [0.1, 0.15) is 0 Å². The number of methoxy groups -OCH3 is 1. The first-order valence-corrected chi connectivity index (χ1v) is 6.69. The number of rotatable bonds is 4. The summed E-state index contributed by atoms with van der Waals surface area (Å²) in [6.45, 7) is 1.54. The molecule has 0 radical (unpaired) electrons. The second kappa shape index (κ2) is 6.71. The topological polar surface area (TPSA) is 46.5 Å². The Morgan fingerprint density at radius 3 is 2.88 bits per heavy atom. The molecule has 1 rings (SSSR count). The van der Waals surface area contributed by atoms with Gasteiger partial charge in [-0.1, -0.05) is 23.9 Å². The van der Waals surface area contributed by atoms with E-state index < -0.39 is 0 Å². The van der Waals surface area contributed by atoms with Gasteiger partial charge in [-0.15, -0.1) is 0 Å². The van der Waals surface area contributed by atoms with Crippen LogP contribution in [-0.2, 0) is 4.79 Å². The SMILES string of the molecule is COc1ccc(C=CCSC(C)=O)c(Br)c1O. The van der Waals surface area contributed by atoms with Crippen molar-refractivity contribution in [3.05, 3.63) is 28.2 Å². The van der Waals surface area contributed by atoms with Crippen LogP contribution in [0.4, 0.5) is 0 Å². The van der Waals surface area contributed by atoms with Crippen molar-refractivity contribution >= 4 is 38.9 Å². The van der Waals surface area contributed by atoms with Gasteiger partial charge in [0.15, 0.2) is 16.6 Å². The van der Waals surface area contributed by atoms with E-state index in [0.29, 0.717) is 16.0 Å². The fraction of sp³-hybridized carbons (Fsp3) is 0.250. The fourth-order valence-corrected chi connectivity index (χ4v) is 2.08. The molecule has 0 aromatic heterocycles. The number of phenolic OH excluding ortho intramolecular Hbond substituents is 1. The molecule has 0 aliphatic carbocycles. The summed E-state index contributed by atoms with van der Waals surface area (Å²) in [6, 6.07) is 3.52. The summed E-state index contributed by atoms with van der Waals surface area (Å²) < 4.78 is 5.57. The normalized spacial score (nSPS) is 10.8. The zero-order valence-electron chi connectivity index (χ0n) is 9.57. The van der Waals surface area contributed by atoms with Crippen molar-refractivity contribution < 1.29 is 14.6 Å². The Morgan fingerprint density at radius 2 is 2.29 bits per heavy atom. The van der Waals surface area contributed by atoms with Gasteiger partial charge in [-0.3, -0.25) is 4.79 Å². The van der Waals surface area contributed by atoms with Crippen LogP contribution >= 0.6 is 27.7 Å². The van der Waals surface area contributed by atoms with Crippen LogP contribution in [0.3, 0.4) is 0 Å². The van der Waals surface area contributed by atoms with Gasteiger partial charge < -0.3 is 9.84 Å². The Labute approximate surface area is 113 Å². The van der Waals surface area contributed by atoms with E-state index >= 15 is 0 Å². The van der Waals surface area contributed by atoms with Gasteiger partial charge in [0, 0.05) is 12.7 Å². The highest BCUT2D eigenvalue weighted by atomic mass is 79.9. The standard InChI is InChI=1S/C12H13BrO3S/c1-8(14)17-7-3-4-9-5-6-10(16-2)12(15)11(9)13/h3-6,15H,7H2,1-2H3. The van der Waals surface area contributed by atoms with Gasteiger partial charge in [0.05, 0.1) is 11.6 Å². The third-order valence-corrected chi connectivity index (χ3v) is 3.61. The number of carbonyl (C=O) groups excluding carboxylic acids is 1. The van der Waals surface area contributed by atoms with Crippen LogP contribution in [0.1, 0.15) is 12.5 Å². The number of aromatic hydroxyl groups is 1. The molecule has 0 bridgehead atoms. The summed E-state index contributed by atoms with van der Waals surface area (Å²) >= 11 is 4.54. The molecule has 0 aliphatic rings. The number of carbonyl (C=O) groups is 1. The van der Waals surface area contributed by atoms with Crippen molar-refractivity contribution in [3.63, 3.8) is 0 Å².